The van der Waals surface area contributed by atoms with Crippen molar-refractivity contribution < 1.29 is 32.6 Å². The molecule has 1 heterocycles. The molecule has 3 aliphatic rings. The van der Waals surface area contributed by atoms with Gasteiger partial charge in [0.2, 0.25) is 14.1 Å². The molecule has 0 bridgehead atoms. The quantitative estimate of drug-likeness (QED) is 0.223. The number of methoxy groups -OCH3 is 2. The predicted octanol–water partition coefficient (Wildman–Crippen LogP) is 7.19. The Balaban J connectivity index is 1.73. The van der Waals surface area contributed by atoms with E-state index in [4.69, 9.17) is 27.8 Å². The van der Waals surface area contributed by atoms with Gasteiger partial charge < -0.3 is 27.8 Å². The van der Waals surface area contributed by atoms with Crippen LogP contribution >= 0.6 is 0 Å². The second kappa shape index (κ2) is 10.6. The Bertz CT molecular complexity index is 1120. The number of carbonyl (C=O) groups excluding carboxylic acids is 1. The van der Waals surface area contributed by atoms with Crippen molar-refractivity contribution in [2.24, 2.45) is 10.8 Å². The van der Waals surface area contributed by atoms with Gasteiger partial charge in [0, 0.05) is 20.0 Å². The number of esters is 1. The number of fused-ring (bicyclic) bond motifs is 2. The first kappa shape index (κ1) is 31.3. The van der Waals surface area contributed by atoms with Crippen molar-refractivity contribution in [3.8, 4) is 5.75 Å². The molecule has 1 aromatic rings. The molecule has 9 heteroatoms. The number of allylic oxidation sites excluding steroid dienone is 1. The molecule has 224 valence electrons. The first-order chi connectivity index (χ1) is 18.4. The molecule has 2 aliphatic carbocycles. The summed E-state index contributed by atoms with van der Waals surface area (Å²) in [5.74, 6) is 0.330. The van der Waals surface area contributed by atoms with Gasteiger partial charge in [-0.05, 0) is 74.4 Å². The average molecular weight is 591 g/mol. The van der Waals surface area contributed by atoms with Crippen LogP contribution in [0.15, 0.2) is 36.1 Å². The summed E-state index contributed by atoms with van der Waals surface area (Å²) in [6, 6.07) is 7.81. The summed E-state index contributed by atoms with van der Waals surface area (Å²) in [7, 11) is -0.581. The summed E-state index contributed by atoms with van der Waals surface area (Å²) in [4.78, 5) is 14.1. The van der Waals surface area contributed by atoms with Gasteiger partial charge in [0.1, 0.15) is 11.2 Å². The number of benzene rings is 1. The number of hydrogen-bond acceptors (Lipinski definition) is 7. The largest absolute Gasteiger partial charge is 0.547 e. The highest BCUT2D eigenvalue weighted by Gasteiger charge is 2.79. The zero-order valence-electron chi connectivity index (χ0n) is 26.4. The third-order valence-corrected chi connectivity index (χ3v) is 15.2. The number of hydrogen-bond donors (Lipinski definition) is 0. The predicted molar refractivity (Wildman–Crippen MR) is 161 cm³/mol. The maximum absolute atomic E-state index is 14.1. The van der Waals surface area contributed by atoms with Crippen molar-refractivity contribution in [1.82, 2.24) is 0 Å². The molecule has 1 saturated heterocycles. The minimum absolute atomic E-state index is 0.0583. The molecule has 0 amide bonds. The molecule has 5 atom stereocenters. The van der Waals surface area contributed by atoms with Crippen molar-refractivity contribution in [3.05, 3.63) is 41.7 Å². The van der Waals surface area contributed by atoms with E-state index in [2.05, 4.69) is 60.4 Å². The van der Waals surface area contributed by atoms with E-state index >= 15 is 0 Å². The van der Waals surface area contributed by atoms with Crippen molar-refractivity contribution in [2.75, 3.05) is 14.2 Å². The van der Waals surface area contributed by atoms with Crippen LogP contribution in [0.25, 0.3) is 0 Å². The number of rotatable bonds is 9. The molecule has 7 nitrogen and oxygen atoms in total. The summed E-state index contributed by atoms with van der Waals surface area (Å²) < 4.78 is 38.0. The normalized spacial score (nSPS) is 32.6. The molecule has 1 aromatic carbocycles. The molecular weight excluding hydrogens is 541 g/mol. The first-order valence-corrected chi connectivity index (χ1v) is 20.8. The van der Waals surface area contributed by atoms with Crippen LogP contribution in [0.2, 0.25) is 37.8 Å². The van der Waals surface area contributed by atoms with Crippen molar-refractivity contribution >= 4 is 22.6 Å². The molecule has 40 heavy (non-hydrogen) atoms. The van der Waals surface area contributed by atoms with Gasteiger partial charge in [-0.15, -0.1) is 0 Å². The topological polar surface area (TPSA) is 72.5 Å². The van der Waals surface area contributed by atoms with Gasteiger partial charge in [0.15, 0.2) is 8.32 Å². The maximum Gasteiger partial charge on any atom is 0.318 e. The summed E-state index contributed by atoms with van der Waals surface area (Å²) >= 11 is 0. The molecule has 0 N–H and O–H groups in total. The van der Waals surface area contributed by atoms with Gasteiger partial charge in [-0.1, -0.05) is 39.8 Å². The lowest BCUT2D eigenvalue weighted by atomic mass is 9.56. The molecule has 0 radical (unpaired) electrons. The van der Waals surface area contributed by atoms with Crippen LogP contribution in [0.3, 0.4) is 0 Å². The lowest BCUT2D eigenvalue weighted by molar-refractivity contribution is -0.253. The SMILES string of the molecule is COc1ccc(CO[C@@]23C[C@H](O[Si](C)(C)C(C)(C)C)C[C@]2(C)[C@]2(CCC(O[Si](C)(C)C)=CC2OC)C(=O)O3)cc1. The highest BCUT2D eigenvalue weighted by atomic mass is 28.4. The zero-order valence-corrected chi connectivity index (χ0v) is 28.4. The molecule has 2 fully saturated rings. The Labute approximate surface area is 243 Å². The second-order valence-electron chi connectivity index (χ2n) is 14.5. The molecule has 1 unspecified atom stereocenters. The first-order valence-electron chi connectivity index (χ1n) is 14.5. The van der Waals surface area contributed by atoms with Crippen LogP contribution in [0.4, 0.5) is 0 Å². The van der Waals surface area contributed by atoms with E-state index in [9.17, 15) is 4.79 Å². The van der Waals surface area contributed by atoms with Gasteiger partial charge in [-0.3, -0.25) is 4.79 Å². The van der Waals surface area contributed by atoms with Gasteiger partial charge in [0.05, 0.1) is 37.1 Å². The minimum atomic E-state index is -2.09. The fourth-order valence-electron chi connectivity index (χ4n) is 6.61. The summed E-state index contributed by atoms with van der Waals surface area (Å²) in [6.45, 7) is 20.3. The second-order valence-corrected chi connectivity index (χ2v) is 23.7. The van der Waals surface area contributed by atoms with E-state index in [0.29, 0.717) is 32.3 Å². The standard InChI is InChI=1S/C31H50O7Si2/c1-28(2,3)40(10,11)38-25-19-29(4)30(17-16-24(18-26(30)34-6)37-39(7,8)9)27(32)36-31(29,20-25)35-21-22-12-14-23(33-5)15-13-22/h12-15,18,25-26H,16-17,19-21H2,1-11H3/t25-,26?,29-,30+,31-/m1/s1. The van der Waals surface area contributed by atoms with Gasteiger partial charge in [0.25, 0.3) is 0 Å². The lowest BCUT2D eigenvalue weighted by Crippen LogP contribution is -2.56. The fourth-order valence-corrected chi connectivity index (χ4v) is 8.92. The molecule has 1 spiro atoms. The highest BCUT2D eigenvalue weighted by Crippen LogP contribution is 2.69. The van der Waals surface area contributed by atoms with Crippen LogP contribution < -0.4 is 4.74 Å². The van der Waals surface area contributed by atoms with Gasteiger partial charge >= 0.3 is 5.97 Å². The molecule has 1 aliphatic heterocycles. The minimum Gasteiger partial charge on any atom is -0.547 e. The number of ether oxygens (including phenoxy) is 4. The van der Waals surface area contributed by atoms with Gasteiger partial charge in [-0.2, -0.15) is 0 Å². The summed E-state index contributed by atoms with van der Waals surface area (Å²) in [6.07, 6.45) is 3.85. The summed E-state index contributed by atoms with van der Waals surface area (Å²) in [5, 5.41) is 0.0583. The van der Waals surface area contributed by atoms with E-state index in [0.717, 1.165) is 17.1 Å². The molecule has 4 rings (SSSR count). The monoisotopic (exact) mass is 590 g/mol. The van der Waals surface area contributed by atoms with Crippen molar-refractivity contribution in [1.29, 1.82) is 0 Å². The zero-order chi connectivity index (χ0) is 29.8. The van der Waals surface area contributed by atoms with E-state index in [1.54, 1.807) is 14.2 Å². The fraction of sp³-hybridized carbons (Fsp3) is 0.710. The van der Waals surface area contributed by atoms with Crippen LogP contribution in [-0.4, -0.2) is 54.8 Å². The van der Waals surface area contributed by atoms with E-state index < -0.39 is 39.4 Å². The molecular formula is C31H50O7Si2. The summed E-state index contributed by atoms with van der Waals surface area (Å²) in [5.41, 5.74) is -0.584. The smallest absolute Gasteiger partial charge is 0.318 e. The van der Waals surface area contributed by atoms with Crippen LogP contribution in [0.5, 0.6) is 5.75 Å². The van der Waals surface area contributed by atoms with Crippen LogP contribution in [-0.2, 0) is 34.5 Å². The average Bonchev–Trinajstić information content (AvgIpc) is 3.20. The van der Waals surface area contributed by atoms with Crippen molar-refractivity contribution in [3.63, 3.8) is 0 Å². The Hall–Kier alpha value is -1.66. The number of carbonyl (C=O) groups is 1. The Morgan fingerprint density at radius 2 is 1.68 bits per heavy atom. The Morgan fingerprint density at radius 1 is 1.02 bits per heavy atom. The van der Waals surface area contributed by atoms with Crippen LogP contribution in [0.1, 0.15) is 58.9 Å². The third-order valence-electron chi connectivity index (χ3n) is 9.76. The lowest BCUT2D eigenvalue weighted by Gasteiger charge is -2.48. The molecule has 0 aromatic heterocycles. The van der Waals surface area contributed by atoms with Crippen LogP contribution in [0, 0.1) is 10.8 Å². The van der Waals surface area contributed by atoms with E-state index in [1.807, 2.05) is 30.3 Å². The Kier molecular flexibility index (Phi) is 8.26. The van der Waals surface area contributed by atoms with Crippen molar-refractivity contribution in [2.45, 2.75) is 116 Å². The molecule has 1 saturated carbocycles. The Morgan fingerprint density at radius 3 is 2.23 bits per heavy atom. The third kappa shape index (κ3) is 5.32. The van der Waals surface area contributed by atoms with E-state index in [1.165, 1.54) is 0 Å². The highest BCUT2D eigenvalue weighted by molar-refractivity contribution is 6.74. The van der Waals surface area contributed by atoms with Gasteiger partial charge in [-0.25, -0.2) is 0 Å². The maximum atomic E-state index is 14.1. The van der Waals surface area contributed by atoms with E-state index in [-0.39, 0.29) is 17.1 Å².